The van der Waals surface area contributed by atoms with E-state index in [1.165, 1.54) is 35.8 Å². The van der Waals surface area contributed by atoms with Crippen molar-refractivity contribution in [2.24, 2.45) is 0 Å². The van der Waals surface area contributed by atoms with Gasteiger partial charge in [-0.15, -0.1) is 0 Å². The zero-order valence-electron chi connectivity index (χ0n) is 25.3. The maximum atomic E-state index is 5.15. The van der Waals surface area contributed by atoms with Gasteiger partial charge in [-0.3, -0.25) is 0 Å². The standard InChI is InChI=1S/C43H27N3Se/c1-3-13-28(14-4-1)30-17-9-18-31(27-30)42-44-41(29-15-5-2-6-16-29)45-43(46-42)38-25-11-20-32-33(21-10-22-34(32)38)36-23-12-24-37-35-19-7-8-26-39(35)47-40(36)37/h1-27H. The summed E-state index contributed by atoms with van der Waals surface area (Å²) in [6, 6.07) is 57.7. The first-order chi connectivity index (χ1) is 23.3. The molecule has 3 nitrogen and oxygen atoms in total. The largest absolute Gasteiger partial charge is 0.0617 e. The molecule has 2 heterocycles. The molecule has 0 spiro atoms. The van der Waals surface area contributed by atoms with Crippen LogP contribution in [0, 0.1) is 0 Å². The fourth-order valence-corrected chi connectivity index (χ4v) is 9.09. The molecule has 0 saturated heterocycles. The van der Waals surface area contributed by atoms with Gasteiger partial charge in [0.25, 0.3) is 0 Å². The molecule has 0 aliphatic carbocycles. The van der Waals surface area contributed by atoms with Crippen molar-refractivity contribution in [3.63, 3.8) is 0 Å². The second kappa shape index (κ2) is 11.6. The van der Waals surface area contributed by atoms with Gasteiger partial charge in [0.15, 0.2) is 0 Å². The Bertz CT molecular complexity index is 2570. The fourth-order valence-electron chi connectivity index (χ4n) is 6.51. The molecule has 0 amide bonds. The molecule has 0 unspecified atom stereocenters. The topological polar surface area (TPSA) is 38.7 Å². The molecule has 220 valence electrons. The predicted molar refractivity (Wildman–Crippen MR) is 196 cm³/mol. The Hall–Kier alpha value is -5.67. The van der Waals surface area contributed by atoms with Gasteiger partial charge in [0.2, 0.25) is 0 Å². The van der Waals surface area contributed by atoms with E-state index in [1.807, 2.05) is 24.3 Å². The molecule has 9 aromatic rings. The summed E-state index contributed by atoms with van der Waals surface area (Å²) in [5.41, 5.74) is 7.73. The van der Waals surface area contributed by atoms with E-state index in [0.717, 1.165) is 33.2 Å². The van der Waals surface area contributed by atoms with E-state index in [1.54, 1.807) is 0 Å². The van der Waals surface area contributed by atoms with Crippen molar-refractivity contribution in [3.05, 3.63) is 164 Å². The van der Waals surface area contributed by atoms with Crippen molar-refractivity contribution in [1.29, 1.82) is 0 Å². The van der Waals surface area contributed by atoms with Crippen LogP contribution in [0.4, 0.5) is 0 Å². The Balaban J connectivity index is 1.24. The van der Waals surface area contributed by atoms with Crippen molar-refractivity contribution < 1.29 is 0 Å². The molecule has 0 aliphatic heterocycles. The number of nitrogens with zero attached hydrogens (tertiary/aromatic N) is 3. The Morgan fingerprint density at radius 1 is 0.319 bits per heavy atom. The fraction of sp³-hybridized carbons (Fsp3) is 0. The normalized spacial score (nSPS) is 11.4. The van der Waals surface area contributed by atoms with Crippen molar-refractivity contribution in [3.8, 4) is 56.4 Å². The molecule has 0 aliphatic rings. The third kappa shape index (κ3) is 4.96. The molecule has 7 aromatic carbocycles. The Morgan fingerprint density at radius 3 is 1.62 bits per heavy atom. The van der Waals surface area contributed by atoms with Crippen molar-refractivity contribution >= 4 is 44.6 Å². The first-order valence-electron chi connectivity index (χ1n) is 15.7. The average molecular weight is 665 g/mol. The van der Waals surface area contributed by atoms with Gasteiger partial charge in [-0.1, -0.05) is 42.5 Å². The van der Waals surface area contributed by atoms with Crippen LogP contribution in [-0.4, -0.2) is 29.5 Å². The quantitative estimate of drug-likeness (QED) is 0.172. The van der Waals surface area contributed by atoms with Gasteiger partial charge < -0.3 is 0 Å². The monoisotopic (exact) mass is 665 g/mol. The third-order valence-corrected chi connectivity index (χ3v) is 11.3. The molecular weight excluding hydrogens is 637 g/mol. The van der Waals surface area contributed by atoms with Gasteiger partial charge in [0, 0.05) is 0 Å². The van der Waals surface area contributed by atoms with E-state index in [0.29, 0.717) is 17.5 Å². The predicted octanol–water partition coefficient (Wildman–Crippen LogP) is 10.7. The SMILES string of the molecule is c1ccc(-c2cccc(-c3nc(-c4ccccc4)nc(-c4cccc5c(-c6cccc7c6[se]c6ccccc67)cccc45)n3)c2)cc1. The number of hydrogen-bond acceptors (Lipinski definition) is 3. The van der Waals surface area contributed by atoms with Crippen LogP contribution in [0.1, 0.15) is 0 Å². The third-order valence-electron chi connectivity index (χ3n) is 8.75. The van der Waals surface area contributed by atoms with Gasteiger partial charge in [0.05, 0.1) is 0 Å². The second-order valence-electron chi connectivity index (χ2n) is 11.6. The van der Waals surface area contributed by atoms with E-state index >= 15 is 0 Å². The van der Waals surface area contributed by atoms with Crippen molar-refractivity contribution in [2.45, 2.75) is 0 Å². The van der Waals surface area contributed by atoms with E-state index in [9.17, 15) is 0 Å². The van der Waals surface area contributed by atoms with Crippen LogP contribution < -0.4 is 0 Å². The summed E-state index contributed by atoms with van der Waals surface area (Å²) in [6.45, 7) is 0. The van der Waals surface area contributed by atoms with Crippen LogP contribution in [0.5, 0.6) is 0 Å². The minimum absolute atomic E-state index is 0.254. The summed E-state index contributed by atoms with van der Waals surface area (Å²) in [6.07, 6.45) is 0. The van der Waals surface area contributed by atoms with Crippen molar-refractivity contribution in [2.75, 3.05) is 0 Å². The molecular formula is C43H27N3Se. The van der Waals surface area contributed by atoms with E-state index < -0.39 is 0 Å². The minimum Gasteiger partial charge on any atom is -0.0617 e. The molecule has 0 fully saturated rings. The smallest absolute Gasteiger partial charge is 0.0544 e. The minimum atomic E-state index is 0.254. The first-order valence-corrected chi connectivity index (χ1v) is 17.4. The van der Waals surface area contributed by atoms with E-state index in [2.05, 4.69) is 140 Å². The van der Waals surface area contributed by atoms with Crippen molar-refractivity contribution in [1.82, 2.24) is 15.0 Å². The Morgan fingerprint density at radius 2 is 0.830 bits per heavy atom. The summed E-state index contributed by atoms with van der Waals surface area (Å²) in [4.78, 5) is 15.3. The van der Waals surface area contributed by atoms with Crippen LogP contribution in [0.2, 0.25) is 0 Å². The maximum absolute atomic E-state index is 5.15. The molecule has 9 rings (SSSR count). The van der Waals surface area contributed by atoms with Gasteiger partial charge in [-0.05, 0) is 5.56 Å². The summed E-state index contributed by atoms with van der Waals surface area (Å²) < 4.78 is 2.90. The summed E-state index contributed by atoms with van der Waals surface area (Å²) in [5.74, 6) is 1.97. The zero-order chi connectivity index (χ0) is 31.2. The number of rotatable bonds is 5. The summed E-state index contributed by atoms with van der Waals surface area (Å²) >= 11 is 0.254. The zero-order valence-corrected chi connectivity index (χ0v) is 27.1. The number of aromatic nitrogens is 3. The number of benzene rings is 7. The van der Waals surface area contributed by atoms with Gasteiger partial charge in [-0.25, -0.2) is 0 Å². The molecule has 0 saturated carbocycles. The maximum Gasteiger partial charge on any atom is -0.0544 e. The van der Waals surface area contributed by atoms with Gasteiger partial charge >= 0.3 is 232 Å². The molecule has 4 heteroatoms. The van der Waals surface area contributed by atoms with E-state index in [-0.39, 0.29) is 14.5 Å². The molecule has 0 atom stereocenters. The Labute approximate surface area is 278 Å². The Kier molecular flexibility index (Phi) is 6.82. The van der Waals surface area contributed by atoms with Crippen LogP contribution in [0.15, 0.2) is 164 Å². The molecule has 0 N–H and O–H groups in total. The van der Waals surface area contributed by atoms with E-state index in [4.69, 9.17) is 15.0 Å². The number of fused-ring (bicyclic) bond motifs is 4. The molecule has 2 aromatic heterocycles. The second-order valence-corrected chi connectivity index (χ2v) is 13.8. The van der Waals surface area contributed by atoms with Gasteiger partial charge in [-0.2, -0.15) is 0 Å². The summed E-state index contributed by atoms with van der Waals surface area (Å²) in [7, 11) is 0. The summed E-state index contributed by atoms with van der Waals surface area (Å²) in [5, 5.41) is 5.05. The van der Waals surface area contributed by atoms with Crippen LogP contribution in [0.25, 0.3) is 86.5 Å². The molecule has 47 heavy (non-hydrogen) atoms. The van der Waals surface area contributed by atoms with Crippen LogP contribution >= 0.6 is 0 Å². The molecule has 0 bridgehead atoms. The van der Waals surface area contributed by atoms with Crippen LogP contribution in [0.3, 0.4) is 0 Å². The van der Waals surface area contributed by atoms with Crippen LogP contribution in [-0.2, 0) is 0 Å². The molecule has 0 radical (unpaired) electrons. The number of hydrogen-bond donors (Lipinski definition) is 0. The first kappa shape index (κ1) is 27.6. The van der Waals surface area contributed by atoms with Gasteiger partial charge in [0.1, 0.15) is 0 Å². The average Bonchev–Trinajstić information content (AvgIpc) is 3.54.